The monoisotopic (exact) mass is 189 g/mol. The third-order valence-corrected chi connectivity index (χ3v) is 2.61. The van der Waals surface area contributed by atoms with Crippen molar-refractivity contribution in [3.63, 3.8) is 0 Å². The summed E-state index contributed by atoms with van der Waals surface area (Å²) in [6.07, 6.45) is 1.15. The van der Waals surface area contributed by atoms with Gasteiger partial charge in [0.15, 0.2) is 0 Å². The van der Waals surface area contributed by atoms with Crippen molar-refractivity contribution in [2.24, 2.45) is 0 Å². The zero-order valence-corrected chi connectivity index (χ0v) is 8.71. The van der Waals surface area contributed by atoms with Gasteiger partial charge < -0.3 is 4.90 Å². The Bertz CT molecular complexity index is 346. The summed E-state index contributed by atoms with van der Waals surface area (Å²) in [6, 6.07) is 6.02. The van der Waals surface area contributed by atoms with Gasteiger partial charge in [-0.25, -0.2) is 0 Å². The predicted molar refractivity (Wildman–Crippen MR) is 56.4 cm³/mol. The number of amides is 1. The van der Waals surface area contributed by atoms with Crippen LogP contribution in [0.15, 0.2) is 18.2 Å². The number of hydrogen-bond donors (Lipinski definition) is 0. The molecule has 0 spiro atoms. The largest absolute Gasteiger partial charge is 0.339 e. The summed E-state index contributed by atoms with van der Waals surface area (Å²) < 4.78 is 0. The van der Waals surface area contributed by atoms with Crippen LogP contribution in [0.25, 0.3) is 0 Å². The van der Waals surface area contributed by atoms with Crippen molar-refractivity contribution in [1.82, 2.24) is 4.90 Å². The average Bonchev–Trinajstić information content (AvgIpc) is 1.98. The Morgan fingerprint density at radius 1 is 1.14 bits per heavy atom. The summed E-state index contributed by atoms with van der Waals surface area (Å²) in [5, 5.41) is 0. The molecular formula is C12H15NO. The zero-order valence-electron chi connectivity index (χ0n) is 8.71. The summed E-state index contributed by atoms with van der Waals surface area (Å²) in [5.74, 6) is 0.183. The van der Waals surface area contributed by atoms with Gasteiger partial charge in [0.05, 0.1) is 0 Å². The molecule has 2 rings (SSSR count). The fourth-order valence-electron chi connectivity index (χ4n) is 1.80. The van der Waals surface area contributed by atoms with Crippen molar-refractivity contribution in [3.05, 3.63) is 34.9 Å². The van der Waals surface area contributed by atoms with Crippen LogP contribution in [0.2, 0.25) is 0 Å². The Kier molecular flexibility index (Phi) is 2.28. The van der Waals surface area contributed by atoms with Gasteiger partial charge in [0.1, 0.15) is 0 Å². The van der Waals surface area contributed by atoms with Gasteiger partial charge in [0, 0.05) is 18.7 Å². The standard InChI is InChI=1S/C12H15NO/c1-9-6-10(2)8-11(7-9)12(14)13-4-3-5-13/h6-8H,3-5H2,1-2H3. The van der Waals surface area contributed by atoms with Gasteiger partial charge in [-0.1, -0.05) is 17.2 Å². The molecule has 1 aliphatic rings. The second kappa shape index (κ2) is 3.45. The van der Waals surface area contributed by atoms with E-state index in [0.29, 0.717) is 0 Å². The molecule has 1 aromatic carbocycles. The van der Waals surface area contributed by atoms with Crippen molar-refractivity contribution in [2.45, 2.75) is 20.3 Å². The first-order valence-corrected chi connectivity index (χ1v) is 5.04. The molecule has 0 aromatic heterocycles. The molecule has 0 saturated carbocycles. The fourth-order valence-corrected chi connectivity index (χ4v) is 1.80. The highest BCUT2D eigenvalue weighted by Gasteiger charge is 2.21. The molecule has 0 bridgehead atoms. The lowest BCUT2D eigenvalue weighted by Gasteiger charge is -2.31. The summed E-state index contributed by atoms with van der Waals surface area (Å²) in [5.41, 5.74) is 3.16. The van der Waals surface area contributed by atoms with E-state index in [0.717, 1.165) is 36.2 Å². The molecule has 74 valence electrons. The summed E-state index contributed by atoms with van der Waals surface area (Å²) in [6.45, 7) is 5.90. The lowest BCUT2D eigenvalue weighted by molar-refractivity contribution is 0.0651. The van der Waals surface area contributed by atoms with Crippen LogP contribution in [0.4, 0.5) is 0 Å². The number of carbonyl (C=O) groups excluding carboxylic acids is 1. The van der Waals surface area contributed by atoms with Crippen molar-refractivity contribution >= 4 is 5.91 Å². The van der Waals surface area contributed by atoms with Gasteiger partial charge in [-0.3, -0.25) is 4.79 Å². The molecule has 2 nitrogen and oxygen atoms in total. The van der Waals surface area contributed by atoms with Gasteiger partial charge >= 0.3 is 0 Å². The van der Waals surface area contributed by atoms with E-state index in [9.17, 15) is 4.79 Å². The van der Waals surface area contributed by atoms with E-state index in [1.165, 1.54) is 0 Å². The van der Waals surface area contributed by atoms with E-state index in [1.807, 2.05) is 30.9 Å². The average molecular weight is 189 g/mol. The van der Waals surface area contributed by atoms with Gasteiger partial charge in [0.2, 0.25) is 0 Å². The van der Waals surface area contributed by atoms with Gasteiger partial charge in [-0.15, -0.1) is 0 Å². The maximum absolute atomic E-state index is 11.9. The Hall–Kier alpha value is -1.31. The molecule has 1 aliphatic heterocycles. The number of benzene rings is 1. The van der Waals surface area contributed by atoms with Crippen molar-refractivity contribution < 1.29 is 4.79 Å². The molecule has 1 fully saturated rings. The molecule has 0 unspecified atom stereocenters. The molecule has 0 atom stereocenters. The van der Waals surface area contributed by atoms with Gasteiger partial charge in [-0.2, -0.15) is 0 Å². The number of carbonyl (C=O) groups is 1. The number of likely N-dealkylation sites (tertiary alicyclic amines) is 1. The van der Waals surface area contributed by atoms with Gasteiger partial charge in [-0.05, 0) is 32.4 Å². The van der Waals surface area contributed by atoms with Crippen molar-refractivity contribution in [1.29, 1.82) is 0 Å². The first-order chi connectivity index (χ1) is 6.66. The minimum absolute atomic E-state index is 0.183. The number of rotatable bonds is 1. The molecule has 1 amide bonds. The summed E-state index contributed by atoms with van der Waals surface area (Å²) >= 11 is 0. The van der Waals surface area contributed by atoms with Crippen molar-refractivity contribution in [2.75, 3.05) is 13.1 Å². The molecule has 0 radical (unpaired) electrons. The van der Waals surface area contributed by atoms with Crippen LogP contribution >= 0.6 is 0 Å². The third-order valence-electron chi connectivity index (χ3n) is 2.61. The van der Waals surface area contributed by atoms with Crippen molar-refractivity contribution in [3.8, 4) is 0 Å². The van der Waals surface area contributed by atoms with Crippen LogP contribution < -0.4 is 0 Å². The van der Waals surface area contributed by atoms with Crippen LogP contribution in [-0.2, 0) is 0 Å². The second-order valence-electron chi connectivity index (χ2n) is 4.02. The first-order valence-electron chi connectivity index (χ1n) is 5.04. The second-order valence-corrected chi connectivity index (χ2v) is 4.02. The lowest BCUT2D eigenvalue weighted by atomic mass is 10.1. The molecule has 14 heavy (non-hydrogen) atoms. The Balaban J connectivity index is 2.26. The molecule has 0 N–H and O–H groups in total. The molecule has 2 heteroatoms. The summed E-state index contributed by atoms with van der Waals surface area (Å²) in [4.78, 5) is 13.8. The zero-order chi connectivity index (χ0) is 10.1. The van der Waals surface area contributed by atoms with Crippen LogP contribution in [0.1, 0.15) is 27.9 Å². The first kappa shape index (κ1) is 9.25. The number of nitrogens with zero attached hydrogens (tertiary/aromatic N) is 1. The van der Waals surface area contributed by atoms with Crippen LogP contribution in [0.5, 0.6) is 0 Å². The highest BCUT2D eigenvalue weighted by molar-refractivity contribution is 5.95. The molecule has 1 heterocycles. The highest BCUT2D eigenvalue weighted by atomic mass is 16.2. The Labute approximate surface area is 84.5 Å². The SMILES string of the molecule is Cc1cc(C)cc(C(=O)N2CCC2)c1. The Morgan fingerprint density at radius 3 is 2.14 bits per heavy atom. The fraction of sp³-hybridized carbons (Fsp3) is 0.417. The lowest BCUT2D eigenvalue weighted by Crippen LogP contribution is -2.42. The van der Waals surface area contributed by atoms with E-state index in [2.05, 4.69) is 6.07 Å². The predicted octanol–water partition coefficient (Wildman–Crippen LogP) is 2.15. The molecule has 1 aromatic rings. The van der Waals surface area contributed by atoms with Crippen LogP contribution in [0.3, 0.4) is 0 Å². The topological polar surface area (TPSA) is 20.3 Å². The minimum atomic E-state index is 0.183. The minimum Gasteiger partial charge on any atom is -0.339 e. The van der Waals surface area contributed by atoms with E-state index < -0.39 is 0 Å². The van der Waals surface area contributed by atoms with Crippen LogP contribution in [0, 0.1) is 13.8 Å². The number of aryl methyl sites for hydroxylation is 2. The third kappa shape index (κ3) is 1.65. The van der Waals surface area contributed by atoms with Gasteiger partial charge in [0.25, 0.3) is 5.91 Å². The number of hydrogen-bond acceptors (Lipinski definition) is 1. The Morgan fingerprint density at radius 2 is 1.71 bits per heavy atom. The van der Waals surface area contributed by atoms with E-state index >= 15 is 0 Å². The smallest absolute Gasteiger partial charge is 0.253 e. The van der Waals surface area contributed by atoms with Crippen LogP contribution in [-0.4, -0.2) is 23.9 Å². The molecule has 0 aliphatic carbocycles. The maximum atomic E-state index is 11.9. The highest BCUT2D eigenvalue weighted by Crippen LogP contribution is 2.15. The quantitative estimate of drug-likeness (QED) is 0.663. The summed E-state index contributed by atoms with van der Waals surface area (Å²) in [7, 11) is 0. The van der Waals surface area contributed by atoms with E-state index in [-0.39, 0.29) is 5.91 Å². The normalized spacial score (nSPS) is 15.1. The maximum Gasteiger partial charge on any atom is 0.253 e. The molecular weight excluding hydrogens is 174 g/mol. The van der Waals surface area contributed by atoms with E-state index in [1.54, 1.807) is 0 Å². The molecule has 1 saturated heterocycles. The van der Waals surface area contributed by atoms with E-state index in [4.69, 9.17) is 0 Å².